The average Bonchev–Trinajstić information content (AvgIpc) is 2.55. The van der Waals surface area contributed by atoms with Crippen molar-refractivity contribution in [2.24, 2.45) is 5.92 Å². The first-order valence-electron chi connectivity index (χ1n) is 5.30. The van der Waals surface area contributed by atoms with Crippen molar-refractivity contribution in [1.82, 2.24) is 9.71 Å². The van der Waals surface area contributed by atoms with Gasteiger partial charge in [0.05, 0.1) is 18.0 Å². The van der Waals surface area contributed by atoms with Gasteiger partial charge in [-0.3, -0.25) is 0 Å². The maximum Gasteiger partial charge on any atom is 0.212 e. The topological polar surface area (TPSA) is 72.2 Å². The van der Waals surface area contributed by atoms with Crippen LogP contribution < -0.4 is 4.72 Å². The standard InChI is InChI=1S/C10H17ClN2O3S/c1-7(4-11)6-17(14,15)12-5-10-13-8(2)9(3)16-10/h7,12H,4-6H2,1-3H3. The number of nitrogens with zero attached hydrogens (tertiary/aromatic N) is 1. The van der Waals surface area contributed by atoms with E-state index in [9.17, 15) is 8.42 Å². The predicted molar refractivity (Wildman–Crippen MR) is 66.5 cm³/mol. The molecule has 5 nitrogen and oxygen atoms in total. The molecule has 0 saturated heterocycles. The molecule has 0 saturated carbocycles. The molecule has 1 aromatic rings. The van der Waals surface area contributed by atoms with E-state index in [1.807, 2.05) is 6.92 Å². The van der Waals surface area contributed by atoms with Crippen molar-refractivity contribution in [2.75, 3.05) is 11.6 Å². The Balaban J connectivity index is 2.55. The Morgan fingerprint density at radius 1 is 1.47 bits per heavy atom. The summed E-state index contributed by atoms with van der Waals surface area (Å²) in [6.07, 6.45) is 0. The molecule has 0 amide bonds. The molecule has 0 aliphatic carbocycles. The number of aryl methyl sites for hydroxylation is 2. The van der Waals surface area contributed by atoms with Crippen molar-refractivity contribution in [3.63, 3.8) is 0 Å². The van der Waals surface area contributed by atoms with Gasteiger partial charge in [0.2, 0.25) is 15.9 Å². The maximum atomic E-state index is 11.6. The minimum atomic E-state index is -3.33. The second kappa shape index (κ2) is 5.84. The fourth-order valence-electron chi connectivity index (χ4n) is 1.26. The van der Waals surface area contributed by atoms with E-state index in [2.05, 4.69) is 9.71 Å². The van der Waals surface area contributed by atoms with Crippen LogP contribution in [0.2, 0.25) is 0 Å². The third-order valence-electron chi connectivity index (χ3n) is 2.28. The van der Waals surface area contributed by atoms with E-state index in [1.165, 1.54) is 0 Å². The number of nitrogens with one attached hydrogen (secondary N) is 1. The molecule has 7 heteroatoms. The number of alkyl halides is 1. The predicted octanol–water partition coefficient (Wildman–Crippen LogP) is 1.59. The van der Waals surface area contributed by atoms with Crippen molar-refractivity contribution in [3.8, 4) is 0 Å². The summed E-state index contributed by atoms with van der Waals surface area (Å²) in [4.78, 5) is 4.09. The van der Waals surface area contributed by atoms with Crippen LogP contribution >= 0.6 is 11.6 Å². The van der Waals surface area contributed by atoms with Gasteiger partial charge >= 0.3 is 0 Å². The van der Waals surface area contributed by atoms with E-state index >= 15 is 0 Å². The van der Waals surface area contributed by atoms with Gasteiger partial charge in [-0.2, -0.15) is 0 Å². The van der Waals surface area contributed by atoms with Gasteiger partial charge in [0, 0.05) is 5.88 Å². The van der Waals surface area contributed by atoms with E-state index in [1.54, 1.807) is 13.8 Å². The quantitative estimate of drug-likeness (QED) is 0.803. The van der Waals surface area contributed by atoms with Crippen molar-refractivity contribution in [2.45, 2.75) is 27.3 Å². The number of hydrogen-bond donors (Lipinski definition) is 1. The lowest BCUT2D eigenvalue weighted by molar-refractivity contribution is 0.462. The van der Waals surface area contributed by atoms with Gasteiger partial charge in [0.1, 0.15) is 5.76 Å². The lowest BCUT2D eigenvalue weighted by atomic mass is 10.3. The van der Waals surface area contributed by atoms with E-state index in [-0.39, 0.29) is 18.2 Å². The minimum absolute atomic E-state index is 0.00910. The lowest BCUT2D eigenvalue weighted by Crippen LogP contribution is -2.29. The van der Waals surface area contributed by atoms with Crippen molar-refractivity contribution in [3.05, 3.63) is 17.3 Å². The van der Waals surface area contributed by atoms with Gasteiger partial charge in [-0.15, -0.1) is 11.6 Å². The van der Waals surface area contributed by atoms with Gasteiger partial charge in [0.25, 0.3) is 0 Å². The molecule has 1 unspecified atom stereocenters. The minimum Gasteiger partial charge on any atom is -0.444 e. The SMILES string of the molecule is Cc1nc(CNS(=O)(=O)CC(C)CCl)oc1C. The first-order valence-corrected chi connectivity index (χ1v) is 7.49. The van der Waals surface area contributed by atoms with Crippen molar-refractivity contribution in [1.29, 1.82) is 0 Å². The molecule has 0 bridgehead atoms. The van der Waals surface area contributed by atoms with Crippen LogP contribution in [0.1, 0.15) is 24.3 Å². The molecule has 0 radical (unpaired) electrons. The van der Waals surface area contributed by atoms with Crippen LogP contribution in [0.5, 0.6) is 0 Å². The van der Waals surface area contributed by atoms with Gasteiger partial charge < -0.3 is 4.42 Å². The number of oxazole rings is 1. The molecule has 98 valence electrons. The molecule has 1 aromatic heterocycles. The molecule has 0 fully saturated rings. The fraction of sp³-hybridized carbons (Fsp3) is 0.700. The van der Waals surface area contributed by atoms with Crippen LogP contribution in [-0.2, 0) is 16.6 Å². The summed E-state index contributed by atoms with van der Waals surface area (Å²) in [6, 6.07) is 0. The Labute approximate surface area is 107 Å². The third-order valence-corrected chi connectivity index (χ3v) is 4.40. The molecule has 1 heterocycles. The van der Waals surface area contributed by atoms with E-state index in [0.29, 0.717) is 17.5 Å². The molecule has 1 rings (SSSR count). The van der Waals surface area contributed by atoms with Gasteiger partial charge in [-0.1, -0.05) is 6.92 Å². The highest BCUT2D eigenvalue weighted by molar-refractivity contribution is 7.89. The largest absolute Gasteiger partial charge is 0.444 e. The zero-order valence-corrected chi connectivity index (χ0v) is 11.7. The summed E-state index contributed by atoms with van der Waals surface area (Å²) < 4.78 is 31.0. The highest BCUT2D eigenvalue weighted by Gasteiger charge is 2.16. The van der Waals surface area contributed by atoms with E-state index in [4.69, 9.17) is 16.0 Å². The number of halogens is 1. The first kappa shape index (κ1) is 14.5. The molecule has 0 spiro atoms. The zero-order chi connectivity index (χ0) is 13.1. The van der Waals surface area contributed by atoms with Gasteiger partial charge in [0.15, 0.2) is 0 Å². The van der Waals surface area contributed by atoms with Crippen LogP contribution in [0.15, 0.2) is 4.42 Å². The second-order valence-electron chi connectivity index (χ2n) is 4.11. The molecule has 1 atom stereocenters. The fourth-order valence-corrected chi connectivity index (χ4v) is 2.83. The Kier molecular flexibility index (Phi) is 4.97. The smallest absolute Gasteiger partial charge is 0.212 e. The summed E-state index contributed by atoms with van der Waals surface area (Å²) in [5, 5.41) is 0. The summed E-state index contributed by atoms with van der Waals surface area (Å²) >= 11 is 5.58. The Morgan fingerprint density at radius 3 is 2.59 bits per heavy atom. The second-order valence-corrected chi connectivity index (χ2v) is 6.27. The Bertz CT molecular complexity index is 450. The highest BCUT2D eigenvalue weighted by Crippen LogP contribution is 2.09. The van der Waals surface area contributed by atoms with Crippen LogP contribution in [0.3, 0.4) is 0 Å². The number of rotatable bonds is 6. The molecule has 0 aromatic carbocycles. The summed E-state index contributed by atoms with van der Waals surface area (Å²) in [7, 11) is -3.33. The summed E-state index contributed by atoms with van der Waals surface area (Å²) in [5.41, 5.74) is 0.772. The molecule has 17 heavy (non-hydrogen) atoms. The molecular weight excluding hydrogens is 264 g/mol. The Morgan fingerprint density at radius 2 is 2.12 bits per heavy atom. The summed E-state index contributed by atoms with van der Waals surface area (Å²) in [5.74, 6) is 1.32. The number of aromatic nitrogens is 1. The molecule has 0 aliphatic rings. The summed E-state index contributed by atoms with van der Waals surface area (Å²) in [6.45, 7) is 5.46. The van der Waals surface area contributed by atoms with Gasteiger partial charge in [-0.05, 0) is 19.8 Å². The molecule has 0 aliphatic heterocycles. The number of hydrogen-bond acceptors (Lipinski definition) is 4. The van der Waals surface area contributed by atoms with Crippen LogP contribution in [0.25, 0.3) is 0 Å². The van der Waals surface area contributed by atoms with E-state index in [0.717, 1.165) is 5.69 Å². The van der Waals surface area contributed by atoms with Crippen LogP contribution in [0, 0.1) is 19.8 Å². The maximum absolute atomic E-state index is 11.6. The van der Waals surface area contributed by atoms with Gasteiger partial charge in [-0.25, -0.2) is 18.1 Å². The normalized spacial score (nSPS) is 13.9. The van der Waals surface area contributed by atoms with Crippen LogP contribution in [-0.4, -0.2) is 25.0 Å². The molecular formula is C10H17ClN2O3S. The van der Waals surface area contributed by atoms with Crippen LogP contribution in [0.4, 0.5) is 0 Å². The van der Waals surface area contributed by atoms with Crippen molar-refractivity contribution >= 4 is 21.6 Å². The highest BCUT2D eigenvalue weighted by atomic mass is 35.5. The van der Waals surface area contributed by atoms with E-state index < -0.39 is 10.0 Å². The Hall–Kier alpha value is -0.590. The first-order chi connectivity index (χ1) is 7.84. The monoisotopic (exact) mass is 280 g/mol. The average molecular weight is 281 g/mol. The molecule has 1 N–H and O–H groups in total. The zero-order valence-electron chi connectivity index (χ0n) is 10.2. The third kappa shape index (κ3) is 4.65. The number of sulfonamides is 1. The van der Waals surface area contributed by atoms with Crippen molar-refractivity contribution < 1.29 is 12.8 Å². The lowest BCUT2D eigenvalue weighted by Gasteiger charge is -2.08.